The van der Waals surface area contributed by atoms with Gasteiger partial charge in [0.1, 0.15) is 5.82 Å². The van der Waals surface area contributed by atoms with E-state index in [2.05, 4.69) is 4.98 Å². The number of fused-ring (bicyclic) bond motifs is 1. The molecule has 1 unspecified atom stereocenters. The molecule has 2 rings (SSSR count). The number of rotatable bonds is 1. The standard InChI is InChI=1S/C10H9Cl3N2/c1-5(11)10-14-8-3-6(12)7(13)4-9(8)15(10)2/h3-5H,1-2H3. The van der Waals surface area contributed by atoms with E-state index in [0.717, 1.165) is 16.9 Å². The molecule has 5 heteroatoms. The van der Waals surface area contributed by atoms with Crippen LogP contribution in [0.1, 0.15) is 18.1 Å². The Balaban J connectivity index is 2.77. The summed E-state index contributed by atoms with van der Waals surface area (Å²) in [5, 5.41) is 0.900. The lowest BCUT2D eigenvalue weighted by Crippen LogP contribution is -1.97. The Bertz CT molecular complexity index is 517. The quantitative estimate of drug-likeness (QED) is 0.706. The molecule has 80 valence electrons. The van der Waals surface area contributed by atoms with Crippen LogP contribution in [0.3, 0.4) is 0 Å². The molecular weight excluding hydrogens is 254 g/mol. The SMILES string of the molecule is CC(Cl)c1nc2cc(Cl)c(Cl)cc2n1C. The van der Waals surface area contributed by atoms with Crippen molar-refractivity contribution in [1.82, 2.24) is 9.55 Å². The van der Waals surface area contributed by atoms with E-state index in [0.29, 0.717) is 10.0 Å². The number of alkyl halides is 1. The Morgan fingerprint density at radius 1 is 1.27 bits per heavy atom. The van der Waals surface area contributed by atoms with Crippen molar-refractivity contribution >= 4 is 45.8 Å². The Labute approximate surface area is 103 Å². The summed E-state index contributed by atoms with van der Waals surface area (Å²) in [4.78, 5) is 4.40. The van der Waals surface area contributed by atoms with E-state index >= 15 is 0 Å². The third-order valence-corrected chi connectivity index (χ3v) is 3.23. The topological polar surface area (TPSA) is 17.8 Å². The zero-order chi connectivity index (χ0) is 11.2. The number of nitrogens with zero attached hydrogens (tertiary/aromatic N) is 2. The molecule has 0 aliphatic carbocycles. The monoisotopic (exact) mass is 262 g/mol. The highest BCUT2D eigenvalue weighted by molar-refractivity contribution is 6.42. The molecule has 0 fully saturated rings. The molecule has 0 spiro atoms. The van der Waals surface area contributed by atoms with Gasteiger partial charge in [-0.3, -0.25) is 0 Å². The summed E-state index contributed by atoms with van der Waals surface area (Å²) in [5.74, 6) is 0.810. The zero-order valence-electron chi connectivity index (χ0n) is 8.26. The highest BCUT2D eigenvalue weighted by atomic mass is 35.5. The van der Waals surface area contributed by atoms with Crippen LogP contribution in [0.5, 0.6) is 0 Å². The van der Waals surface area contributed by atoms with E-state index < -0.39 is 0 Å². The molecule has 2 nitrogen and oxygen atoms in total. The van der Waals surface area contributed by atoms with Crippen LogP contribution in [0, 0.1) is 0 Å². The summed E-state index contributed by atoms with van der Waals surface area (Å²) < 4.78 is 1.93. The highest BCUT2D eigenvalue weighted by Gasteiger charge is 2.13. The van der Waals surface area contributed by atoms with Crippen molar-refractivity contribution in [3.05, 3.63) is 28.0 Å². The number of imidazole rings is 1. The Kier molecular flexibility index (Phi) is 2.84. The first-order chi connectivity index (χ1) is 7.00. The fraction of sp³-hybridized carbons (Fsp3) is 0.300. The lowest BCUT2D eigenvalue weighted by Gasteiger charge is -2.03. The lowest BCUT2D eigenvalue weighted by atomic mass is 10.3. The van der Waals surface area contributed by atoms with Crippen molar-refractivity contribution in [1.29, 1.82) is 0 Å². The number of halogens is 3. The maximum Gasteiger partial charge on any atom is 0.127 e. The Morgan fingerprint density at radius 2 is 1.87 bits per heavy atom. The van der Waals surface area contributed by atoms with Gasteiger partial charge in [-0.05, 0) is 19.1 Å². The van der Waals surface area contributed by atoms with Gasteiger partial charge >= 0.3 is 0 Å². The summed E-state index contributed by atoms with van der Waals surface area (Å²) >= 11 is 17.9. The first-order valence-electron chi connectivity index (χ1n) is 4.46. The minimum atomic E-state index is -0.139. The van der Waals surface area contributed by atoms with Crippen molar-refractivity contribution < 1.29 is 0 Å². The molecule has 0 saturated heterocycles. The average molecular weight is 264 g/mol. The van der Waals surface area contributed by atoms with Crippen molar-refractivity contribution in [3.8, 4) is 0 Å². The first kappa shape index (κ1) is 11.1. The van der Waals surface area contributed by atoms with Gasteiger partial charge in [0.15, 0.2) is 0 Å². The fourth-order valence-electron chi connectivity index (χ4n) is 1.56. The van der Waals surface area contributed by atoms with Crippen molar-refractivity contribution in [2.24, 2.45) is 7.05 Å². The number of aryl methyl sites for hydroxylation is 1. The smallest absolute Gasteiger partial charge is 0.127 e. The molecule has 0 N–H and O–H groups in total. The molecule has 0 amide bonds. The average Bonchev–Trinajstić information content (AvgIpc) is 2.46. The van der Waals surface area contributed by atoms with E-state index in [9.17, 15) is 0 Å². The normalized spacial score (nSPS) is 13.4. The fourth-order valence-corrected chi connectivity index (χ4v) is 2.07. The second-order valence-electron chi connectivity index (χ2n) is 3.40. The number of aromatic nitrogens is 2. The van der Waals surface area contributed by atoms with Gasteiger partial charge in [-0.15, -0.1) is 11.6 Å². The van der Waals surface area contributed by atoms with Crippen molar-refractivity contribution in [3.63, 3.8) is 0 Å². The largest absolute Gasteiger partial charge is 0.330 e. The zero-order valence-corrected chi connectivity index (χ0v) is 10.5. The lowest BCUT2D eigenvalue weighted by molar-refractivity contribution is 0.812. The third kappa shape index (κ3) is 1.82. The molecule has 0 saturated carbocycles. The second-order valence-corrected chi connectivity index (χ2v) is 4.87. The first-order valence-corrected chi connectivity index (χ1v) is 5.65. The summed E-state index contributed by atoms with van der Waals surface area (Å²) in [5.41, 5.74) is 1.75. The van der Waals surface area contributed by atoms with Gasteiger partial charge in [0, 0.05) is 7.05 Å². The summed E-state index contributed by atoms with van der Waals surface area (Å²) in [7, 11) is 1.91. The number of hydrogen-bond donors (Lipinski definition) is 0. The minimum absolute atomic E-state index is 0.139. The van der Waals surface area contributed by atoms with Crippen LogP contribution in [0.4, 0.5) is 0 Å². The molecule has 0 aliphatic rings. The van der Waals surface area contributed by atoms with Gasteiger partial charge in [0.05, 0.1) is 26.5 Å². The maximum atomic E-state index is 6.01. The van der Waals surface area contributed by atoms with Crippen LogP contribution < -0.4 is 0 Å². The molecular formula is C10H9Cl3N2. The molecule has 1 heterocycles. The molecule has 0 bridgehead atoms. The Hall–Kier alpha value is -0.440. The summed E-state index contributed by atoms with van der Waals surface area (Å²) in [6.45, 7) is 1.88. The minimum Gasteiger partial charge on any atom is -0.330 e. The van der Waals surface area contributed by atoms with Crippen LogP contribution in [-0.4, -0.2) is 9.55 Å². The number of hydrogen-bond acceptors (Lipinski definition) is 1. The van der Waals surface area contributed by atoms with Crippen molar-refractivity contribution in [2.45, 2.75) is 12.3 Å². The highest BCUT2D eigenvalue weighted by Crippen LogP contribution is 2.30. The van der Waals surface area contributed by atoms with Crippen LogP contribution in [0.25, 0.3) is 11.0 Å². The van der Waals surface area contributed by atoms with Gasteiger partial charge in [0.2, 0.25) is 0 Å². The van der Waals surface area contributed by atoms with Gasteiger partial charge in [0.25, 0.3) is 0 Å². The van der Waals surface area contributed by atoms with E-state index in [4.69, 9.17) is 34.8 Å². The molecule has 2 aromatic rings. The van der Waals surface area contributed by atoms with Gasteiger partial charge < -0.3 is 4.57 Å². The molecule has 15 heavy (non-hydrogen) atoms. The van der Waals surface area contributed by atoms with E-state index in [1.54, 1.807) is 12.1 Å². The molecule has 0 aliphatic heterocycles. The molecule has 1 atom stereocenters. The predicted molar refractivity (Wildman–Crippen MR) is 65.0 cm³/mol. The summed E-state index contributed by atoms with van der Waals surface area (Å²) in [6, 6.07) is 3.55. The van der Waals surface area contributed by atoms with Gasteiger partial charge in [-0.2, -0.15) is 0 Å². The van der Waals surface area contributed by atoms with E-state index in [-0.39, 0.29) is 5.38 Å². The maximum absolute atomic E-state index is 6.01. The van der Waals surface area contributed by atoms with Gasteiger partial charge in [-0.1, -0.05) is 23.2 Å². The summed E-state index contributed by atoms with van der Waals surface area (Å²) in [6.07, 6.45) is 0. The Morgan fingerprint density at radius 3 is 2.47 bits per heavy atom. The van der Waals surface area contributed by atoms with Crippen LogP contribution in [-0.2, 0) is 7.05 Å². The van der Waals surface area contributed by atoms with Gasteiger partial charge in [-0.25, -0.2) is 4.98 Å². The van der Waals surface area contributed by atoms with Crippen LogP contribution in [0.2, 0.25) is 10.0 Å². The van der Waals surface area contributed by atoms with E-state index in [1.807, 2.05) is 18.5 Å². The van der Waals surface area contributed by atoms with Crippen molar-refractivity contribution in [2.75, 3.05) is 0 Å². The van der Waals surface area contributed by atoms with E-state index in [1.165, 1.54) is 0 Å². The third-order valence-electron chi connectivity index (χ3n) is 2.31. The predicted octanol–water partition coefficient (Wildman–Crippen LogP) is 4.18. The van der Waals surface area contributed by atoms with Crippen LogP contribution >= 0.6 is 34.8 Å². The molecule has 1 aromatic heterocycles. The number of benzene rings is 1. The second kappa shape index (κ2) is 3.85. The molecule has 0 radical (unpaired) electrons. The van der Waals surface area contributed by atoms with Crippen LogP contribution in [0.15, 0.2) is 12.1 Å². The molecule has 1 aromatic carbocycles.